The molecule has 0 atom stereocenters. The van der Waals surface area contributed by atoms with E-state index in [9.17, 15) is 4.79 Å². The molecule has 0 aromatic heterocycles. The molecule has 4 heteroatoms. The van der Waals surface area contributed by atoms with E-state index in [0.29, 0.717) is 12.2 Å². The summed E-state index contributed by atoms with van der Waals surface area (Å²) in [5, 5.41) is 0. The largest absolute Gasteiger partial charge is 0.462 e. The fourth-order valence-corrected chi connectivity index (χ4v) is 2.73. The maximum atomic E-state index is 11.6. The lowest BCUT2D eigenvalue weighted by atomic mass is 10.1. The van der Waals surface area contributed by atoms with Crippen molar-refractivity contribution in [2.75, 3.05) is 29.0 Å². The number of benzene rings is 1. The summed E-state index contributed by atoms with van der Waals surface area (Å²) in [6.45, 7) is 4.39. The summed E-state index contributed by atoms with van der Waals surface area (Å²) in [4.78, 5) is 14.0. The number of carbonyl (C=O) groups is 1. The molecular weight excluding hydrogens is 329 g/mol. The van der Waals surface area contributed by atoms with Gasteiger partial charge >= 0.3 is 5.97 Å². The molecule has 1 aromatic rings. The molecule has 92 valence electrons. The Morgan fingerprint density at radius 2 is 2.35 bits per heavy atom. The molecule has 0 spiro atoms. The Bertz CT molecular complexity index is 420. The van der Waals surface area contributed by atoms with Gasteiger partial charge in [-0.1, -0.05) is 22.6 Å². The highest BCUT2D eigenvalue weighted by Crippen LogP contribution is 2.28. The first kappa shape index (κ1) is 12.7. The van der Waals surface area contributed by atoms with Crippen molar-refractivity contribution in [3.8, 4) is 0 Å². The minimum atomic E-state index is -0.220. The van der Waals surface area contributed by atoms with Crippen LogP contribution in [0.25, 0.3) is 0 Å². The van der Waals surface area contributed by atoms with E-state index in [1.807, 2.05) is 25.1 Å². The third-order valence-corrected chi connectivity index (χ3v) is 3.42. The lowest BCUT2D eigenvalue weighted by Crippen LogP contribution is -2.22. The number of rotatable bonds is 4. The van der Waals surface area contributed by atoms with E-state index in [1.54, 1.807) is 0 Å². The van der Waals surface area contributed by atoms with Crippen molar-refractivity contribution in [1.29, 1.82) is 0 Å². The Hall–Kier alpha value is -0.780. The maximum Gasteiger partial charge on any atom is 0.338 e. The van der Waals surface area contributed by atoms with Crippen LogP contribution in [0.1, 0.15) is 22.8 Å². The molecule has 0 unspecified atom stereocenters. The maximum absolute atomic E-state index is 11.6. The topological polar surface area (TPSA) is 29.5 Å². The molecule has 0 amide bonds. The lowest BCUT2D eigenvalue weighted by molar-refractivity contribution is 0.0526. The van der Waals surface area contributed by atoms with Crippen LogP contribution >= 0.6 is 22.6 Å². The SMILES string of the molecule is CCOC(=O)c1ccc2c(c1)CCN2CCI. The van der Waals surface area contributed by atoms with Gasteiger partial charge in [-0.15, -0.1) is 0 Å². The monoisotopic (exact) mass is 345 g/mol. The van der Waals surface area contributed by atoms with Crippen LogP contribution < -0.4 is 4.90 Å². The van der Waals surface area contributed by atoms with Crippen LogP contribution in [0.3, 0.4) is 0 Å². The molecular formula is C13H16INO2. The first-order chi connectivity index (χ1) is 8.26. The zero-order valence-corrected chi connectivity index (χ0v) is 12.1. The van der Waals surface area contributed by atoms with Gasteiger partial charge < -0.3 is 9.64 Å². The lowest BCUT2D eigenvalue weighted by Gasteiger charge is -2.17. The Morgan fingerprint density at radius 3 is 3.06 bits per heavy atom. The van der Waals surface area contributed by atoms with Gasteiger partial charge in [0.05, 0.1) is 12.2 Å². The Morgan fingerprint density at radius 1 is 1.53 bits per heavy atom. The number of esters is 1. The van der Waals surface area contributed by atoms with Crippen molar-refractivity contribution < 1.29 is 9.53 Å². The molecule has 17 heavy (non-hydrogen) atoms. The summed E-state index contributed by atoms with van der Waals surface area (Å²) in [5.41, 5.74) is 3.21. The fraction of sp³-hybridized carbons (Fsp3) is 0.462. The molecule has 0 aliphatic carbocycles. The summed E-state index contributed by atoms with van der Waals surface area (Å²) >= 11 is 2.39. The molecule has 1 aromatic carbocycles. The van der Waals surface area contributed by atoms with Crippen LogP contribution in [0.4, 0.5) is 5.69 Å². The predicted molar refractivity (Wildman–Crippen MR) is 77.2 cm³/mol. The Labute approximate surface area is 115 Å². The van der Waals surface area contributed by atoms with Crippen molar-refractivity contribution in [3.63, 3.8) is 0 Å². The second-order valence-corrected chi connectivity index (χ2v) is 5.07. The normalized spacial score (nSPS) is 13.6. The van der Waals surface area contributed by atoms with Crippen molar-refractivity contribution in [1.82, 2.24) is 0 Å². The van der Waals surface area contributed by atoms with Crippen LogP contribution in [0.15, 0.2) is 18.2 Å². The second-order valence-electron chi connectivity index (χ2n) is 3.99. The van der Waals surface area contributed by atoms with Gasteiger partial charge in [0.2, 0.25) is 0 Å². The summed E-state index contributed by atoms with van der Waals surface area (Å²) < 4.78 is 6.13. The highest BCUT2D eigenvalue weighted by Gasteiger charge is 2.20. The third-order valence-electron chi connectivity index (χ3n) is 2.94. The van der Waals surface area contributed by atoms with Crippen LogP contribution in [-0.4, -0.2) is 30.1 Å². The highest BCUT2D eigenvalue weighted by atomic mass is 127. The number of nitrogens with zero attached hydrogens (tertiary/aromatic N) is 1. The molecule has 0 saturated carbocycles. The van der Waals surface area contributed by atoms with Gasteiger partial charge in [0, 0.05) is 23.2 Å². The first-order valence-corrected chi connectivity index (χ1v) is 7.39. The minimum Gasteiger partial charge on any atom is -0.462 e. The molecule has 0 saturated heterocycles. The third kappa shape index (κ3) is 2.73. The molecule has 0 radical (unpaired) electrons. The van der Waals surface area contributed by atoms with Gasteiger partial charge in [-0.25, -0.2) is 4.79 Å². The summed E-state index contributed by atoms with van der Waals surface area (Å²) in [7, 11) is 0. The average molecular weight is 345 g/mol. The fourth-order valence-electron chi connectivity index (χ4n) is 2.15. The van der Waals surface area contributed by atoms with Crippen LogP contribution in [0.2, 0.25) is 0 Å². The molecule has 0 fully saturated rings. The number of anilines is 1. The zero-order valence-electron chi connectivity index (χ0n) is 9.91. The average Bonchev–Trinajstić information content (AvgIpc) is 2.73. The number of alkyl halides is 1. The van der Waals surface area contributed by atoms with E-state index in [-0.39, 0.29) is 5.97 Å². The molecule has 0 N–H and O–H groups in total. The van der Waals surface area contributed by atoms with Crippen LogP contribution in [0.5, 0.6) is 0 Å². The van der Waals surface area contributed by atoms with Crippen LogP contribution in [-0.2, 0) is 11.2 Å². The number of ether oxygens (including phenoxy) is 1. The number of fused-ring (bicyclic) bond motifs is 1. The van der Waals surface area contributed by atoms with Gasteiger partial charge in [-0.2, -0.15) is 0 Å². The van der Waals surface area contributed by atoms with E-state index in [4.69, 9.17) is 4.74 Å². The summed E-state index contributed by atoms with van der Waals surface area (Å²) in [5.74, 6) is -0.220. The molecule has 2 rings (SSSR count). The molecule has 1 aliphatic heterocycles. The second kappa shape index (κ2) is 5.71. The molecule has 1 aliphatic rings. The van der Waals surface area contributed by atoms with Gasteiger partial charge in [0.15, 0.2) is 0 Å². The van der Waals surface area contributed by atoms with Gasteiger partial charge in [0.1, 0.15) is 0 Å². The highest BCUT2D eigenvalue weighted by molar-refractivity contribution is 14.1. The summed E-state index contributed by atoms with van der Waals surface area (Å²) in [6.07, 6.45) is 1.03. The van der Waals surface area contributed by atoms with Crippen molar-refractivity contribution in [2.24, 2.45) is 0 Å². The number of carbonyl (C=O) groups excluding carboxylic acids is 1. The van der Waals surface area contributed by atoms with Gasteiger partial charge in [0.25, 0.3) is 0 Å². The van der Waals surface area contributed by atoms with E-state index < -0.39 is 0 Å². The van der Waals surface area contributed by atoms with Crippen molar-refractivity contribution in [3.05, 3.63) is 29.3 Å². The van der Waals surface area contributed by atoms with E-state index >= 15 is 0 Å². The van der Waals surface area contributed by atoms with Gasteiger partial charge in [-0.05, 0) is 37.1 Å². The minimum absolute atomic E-state index is 0.220. The summed E-state index contributed by atoms with van der Waals surface area (Å²) in [6, 6.07) is 5.88. The smallest absolute Gasteiger partial charge is 0.338 e. The quantitative estimate of drug-likeness (QED) is 0.477. The Balaban J connectivity index is 2.19. The van der Waals surface area contributed by atoms with E-state index in [0.717, 1.165) is 23.9 Å². The van der Waals surface area contributed by atoms with Crippen molar-refractivity contribution >= 4 is 34.2 Å². The Kier molecular flexibility index (Phi) is 4.25. The molecule has 1 heterocycles. The van der Waals surface area contributed by atoms with Crippen molar-refractivity contribution in [2.45, 2.75) is 13.3 Å². The predicted octanol–water partition coefficient (Wildman–Crippen LogP) is 2.66. The van der Waals surface area contributed by atoms with E-state index in [2.05, 4.69) is 27.5 Å². The molecule has 3 nitrogen and oxygen atoms in total. The number of halogens is 1. The van der Waals surface area contributed by atoms with Gasteiger partial charge in [-0.3, -0.25) is 0 Å². The number of hydrogen-bond acceptors (Lipinski definition) is 3. The standard InChI is InChI=1S/C13H16INO2/c1-2-17-13(16)11-3-4-12-10(9-11)5-7-15(12)8-6-14/h3-4,9H,2,5-8H2,1H3. The number of hydrogen-bond donors (Lipinski definition) is 0. The van der Waals surface area contributed by atoms with E-state index in [1.165, 1.54) is 11.3 Å². The van der Waals surface area contributed by atoms with Crippen LogP contribution in [0, 0.1) is 0 Å². The molecule has 0 bridgehead atoms. The zero-order chi connectivity index (χ0) is 12.3. The first-order valence-electron chi connectivity index (χ1n) is 5.87.